The molecule has 0 spiro atoms. The van der Waals surface area contributed by atoms with E-state index in [0.29, 0.717) is 12.2 Å². The van der Waals surface area contributed by atoms with Gasteiger partial charge in [-0.2, -0.15) is 0 Å². The molecule has 0 aliphatic heterocycles. The molecular formula is C15H15IO3. The Morgan fingerprint density at radius 3 is 2.79 bits per heavy atom. The van der Waals surface area contributed by atoms with Gasteiger partial charge < -0.3 is 9.84 Å². The van der Waals surface area contributed by atoms with Crippen molar-refractivity contribution in [1.82, 2.24) is 0 Å². The van der Waals surface area contributed by atoms with Crippen LogP contribution in [0.4, 0.5) is 0 Å². The maximum Gasteiger partial charge on any atom is 0.327 e. The zero-order chi connectivity index (χ0) is 14.0. The number of carbonyl (C=O) groups excluding carboxylic acids is 1. The number of fused-ring (bicyclic) bond motifs is 1. The number of benzene rings is 2. The van der Waals surface area contributed by atoms with E-state index in [1.54, 1.807) is 30.3 Å². The van der Waals surface area contributed by atoms with Crippen molar-refractivity contribution in [1.29, 1.82) is 0 Å². The van der Waals surface area contributed by atoms with Crippen molar-refractivity contribution in [2.75, 3.05) is 0 Å². The highest BCUT2D eigenvalue weighted by atomic mass is 127. The van der Waals surface area contributed by atoms with Crippen LogP contribution >= 0.6 is 22.6 Å². The number of esters is 1. The van der Waals surface area contributed by atoms with Gasteiger partial charge >= 0.3 is 5.97 Å². The molecule has 0 aliphatic carbocycles. The van der Waals surface area contributed by atoms with Gasteiger partial charge in [-0.3, -0.25) is 4.79 Å². The van der Waals surface area contributed by atoms with Crippen molar-refractivity contribution in [3.8, 4) is 11.5 Å². The number of alkyl halides is 1. The summed E-state index contributed by atoms with van der Waals surface area (Å²) in [5.74, 6) is 0.471. The van der Waals surface area contributed by atoms with Crippen LogP contribution in [0, 0.1) is 0 Å². The van der Waals surface area contributed by atoms with Gasteiger partial charge in [0.15, 0.2) is 0 Å². The highest BCUT2D eigenvalue weighted by Crippen LogP contribution is 2.31. The molecule has 2 aromatic carbocycles. The lowest BCUT2D eigenvalue weighted by atomic mass is 10.1. The van der Waals surface area contributed by atoms with Crippen LogP contribution in [0.25, 0.3) is 10.8 Å². The van der Waals surface area contributed by atoms with Crippen LogP contribution in [-0.2, 0) is 4.79 Å². The average molecular weight is 370 g/mol. The SMILES string of the molecule is CCC(C)(I)C(=O)Oc1cccc2cc(O)ccc12. The van der Waals surface area contributed by atoms with Crippen LogP contribution < -0.4 is 4.74 Å². The Morgan fingerprint density at radius 2 is 2.11 bits per heavy atom. The second-order valence-corrected chi connectivity index (χ2v) is 6.98. The second kappa shape index (κ2) is 5.36. The molecule has 1 unspecified atom stereocenters. The smallest absolute Gasteiger partial charge is 0.327 e. The molecule has 0 saturated carbocycles. The number of hydrogen-bond donors (Lipinski definition) is 1. The number of aromatic hydroxyl groups is 1. The molecule has 1 atom stereocenters. The fourth-order valence-electron chi connectivity index (χ4n) is 1.68. The Labute approximate surface area is 125 Å². The Bertz CT molecular complexity index is 620. The fraction of sp³-hybridized carbons (Fsp3) is 0.267. The lowest BCUT2D eigenvalue weighted by molar-refractivity contribution is -0.136. The standard InChI is InChI=1S/C15H15IO3/c1-3-15(2,16)14(18)19-13-6-4-5-10-9-11(17)7-8-12(10)13/h4-9,17H,3H2,1-2H3. The largest absolute Gasteiger partial charge is 0.508 e. The zero-order valence-corrected chi connectivity index (χ0v) is 13.0. The second-order valence-electron chi connectivity index (χ2n) is 4.60. The quantitative estimate of drug-likeness (QED) is 0.384. The van der Waals surface area contributed by atoms with E-state index >= 15 is 0 Å². The first-order valence-corrected chi connectivity index (χ1v) is 7.15. The van der Waals surface area contributed by atoms with Crippen molar-refractivity contribution < 1.29 is 14.6 Å². The molecule has 0 bridgehead atoms. The van der Waals surface area contributed by atoms with E-state index in [4.69, 9.17) is 4.74 Å². The predicted octanol–water partition coefficient (Wildman–Crippen LogP) is 4.05. The maximum absolute atomic E-state index is 12.1. The number of carbonyl (C=O) groups is 1. The van der Waals surface area contributed by atoms with Crippen LogP contribution in [0.5, 0.6) is 11.5 Å². The van der Waals surface area contributed by atoms with Gasteiger partial charge in [-0.1, -0.05) is 41.6 Å². The molecule has 0 fully saturated rings. The molecule has 3 nitrogen and oxygen atoms in total. The molecule has 0 aliphatic rings. The lowest BCUT2D eigenvalue weighted by Crippen LogP contribution is -2.31. The molecule has 0 aromatic heterocycles. The lowest BCUT2D eigenvalue weighted by Gasteiger charge is -2.19. The number of phenolic OH excluding ortho intramolecular Hbond substituents is 1. The third-order valence-electron chi connectivity index (χ3n) is 3.12. The third kappa shape index (κ3) is 3.00. The summed E-state index contributed by atoms with van der Waals surface area (Å²) in [4.78, 5) is 12.1. The summed E-state index contributed by atoms with van der Waals surface area (Å²) in [6.45, 7) is 3.81. The van der Waals surface area contributed by atoms with Crippen LogP contribution in [0.3, 0.4) is 0 Å². The average Bonchev–Trinajstić information content (AvgIpc) is 2.38. The van der Waals surface area contributed by atoms with Gasteiger partial charge in [0.1, 0.15) is 14.9 Å². The number of hydrogen-bond acceptors (Lipinski definition) is 3. The van der Waals surface area contributed by atoms with E-state index in [2.05, 4.69) is 22.6 Å². The molecule has 0 radical (unpaired) electrons. The van der Waals surface area contributed by atoms with E-state index < -0.39 is 3.42 Å². The minimum atomic E-state index is -0.531. The Morgan fingerprint density at radius 1 is 1.37 bits per heavy atom. The van der Waals surface area contributed by atoms with Crippen molar-refractivity contribution in [3.05, 3.63) is 36.4 Å². The molecule has 19 heavy (non-hydrogen) atoms. The summed E-state index contributed by atoms with van der Waals surface area (Å²) >= 11 is 2.11. The third-order valence-corrected chi connectivity index (χ3v) is 4.32. The summed E-state index contributed by atoms with van der Waals surface area (Å²) in [6, 6.07) is 10.4. The summed E-state index contributed by atoms with van der Waals surface area (Å²) in [6.07, 6.45) is 0.706. The molecule has 0 heterocycles. The van der Waals surface area contributed by atoms with Gasteiger partial charge in [0.05, 0.1) is 0 Å². The molecule has 0 amide bonds. The van der Waals surface area contributed by atoms with E-state index in [1.807, 2.05) is 19.9 Å². The maximum atomic E-state index is 12.1. The van der Waals surface area contributed by atoms with Crippen LogP contribution in [-0.4, -0.2) is 14.5 Å². The summed E-state index contributed by atoms with van der Waals surface area (Å²) in [5, 5.41) is 11.1. The van der Waals surface area contributed by atoms with Crippen molar-refractivity contribution in [2.24, 2.45) is 0 Å². The van der Waals surface area contributed by atoms with Crippen molar-refractivity contribution in [3.63, 3.8) is 0 Å². The molecular weight excluding hydrogens is 355 g/mol. The minimum absolute atomic E-state index is 0.197. The Hall–Kier alpha value is -1.30. The first-order chi connectivity index (χ1) is 8.94. The topological polar surface area (TPSA) is 46.5 Å². The molecule has 100 valence electrons. The molecule has 4 heteroatoms. The van der Waals surface area contributed by atoms with Gasteiger partial charge in [-0.15, -0.1) is 0 Å². The Balaban J connectivity index is 2.39. The van der Waals surface area contributed by atoms with E-state index in [-0.39, 0.29) is 11.7 Å². The highest BCUT2D eigenvalue weighted by Gasteiger charge is 2.30. The predicted molar refractivity (Wildman–Crippen MR) is 84.0 cm³/mol. The highest BCUT2D eigenvalue weighted by molar-refractivity contribution is 14.1. The van der Waals surface area contributed by atoms with Gasteiger partial charge in [0.2, 0.25) is 0 Å². The number of rotatable bonds is 3. The van der Waals surface area contributed by atoms with Crippen LogP contribution in [0.2, 0.25) is 0 Å². The van der Waals surface area contributed by atoms with Gasteiger partial charge in [0.25, 0.3) is 0 Å². The summed E-state index contributed by atoms with van der Waals surface area (Å²) < 4.78 is 4.96. The summed E-state index contributed by atoms with van der Waals surface area (Å²) in [5.41, 5.74) is 0. The Kier molecular flexibility index (Phi) is 3.99. The van der Waals surface area contributed by atoms with E-state index in [9.17, 15) is 9.90 Å². The molecule has 0 saturated heterocycles. The van der Waals surface area contributed by atoms with Crippen LogP contribution in [0.1, 0.15) is 20.3 Å². The number of phenols is 1. The van der Waals surface area contributed by atoms with Gasteiger partial charge in [-0.25, -0.2) is 0 Å². The van der Waals surface area contributed by atoms with E-state index in [1.165, 1.54) is 0 Å². The fourth-order valence-corrected chi connectivity index (χ4v) is 1.79. The molecule has 2 aromatic rings. The van der Waals surface area contributed by atoms with Crippen molar-refractivity contribution >= 4 is 39.3 Å². The van der Waals surface area contributed by atoms with Crippen molar-refractivity contribution in [2.45, 2.75) is 23.7 Å². The number of halogens is 1. The van der Waals surface area contributed by atoms with Crippen LogP contribution in [0.15, 0.2) is 36.4 Å². The molecule has 1 N–H and O–H groups in total. The van der Waals surface area contributed by atoms with Gasteiger partial charge in [-0.05, 0) is 43.0 Å². The summed E-state index contributed by atoms with van der Waals surface area (Å²) in [7, 11) is 0. The monoisotopic (exact) mass is 370 g/mol. The first-order valence-electron chi connectivity index (χ1n) is 6.07. The minimum Gasteiger partial charge on any atom is -0.508 e. The molecule has 2 rings (SSSR count). The first kappa shape index (κ1) is 14.1. The van der Waals surface area contributed by atoms with E-state index in [0.717, 1.165) is 10.8 Å². The normalized spacial score (nSPS) is 14.1. The number of ether oxygens (including phenoxy) is 1. The van der Waals surface area contributed by atoms with Gasteiger partial charge in [0, 0.05) is 5.39 Å². The zero-order valence-electron chi connectivity index (χ0n) is 10.8.